The van der Waals surface area contributed by atoms with Crippen molar-refractivity contribution in [1.29, 1.82) is 0 Å². The van der Waals surface area contributed by atoms with Crippen LogP contribution in [0.5, 0.6) is 0 Å². The molecule has 0 aliphatic carbocycles. The zero-order chi connectivity index (χ0) is 13.7. The second-order valence-corrected chi connectivity index (χ2v) is 6.72. The Kier molecular flexibility index (Phi) is 4.53. The molecular formula is C15H21N3S. The number of nitrogens with one attached hydrogen (secondary N) is 2. The molecule has 0 saturated heterocycles. The minimum absolute atomic E-state index is 0.279. The van der Waals surface area contributed by atoms with E-state index >= 15 is 0 Å². The summed E-state index contributed by atoms with van der Waals surface area (Å²) in [5.74, 6) is 0.917. The van der Waals surface area contributed by atoms with E-state index in [1.807, 2.05) is 6.20 Å². The van der Waals surface area contributed by atoms with Gasteiger partial charge in [0.1, 0.15) is 0 Å². The molecule has 0 radical (unpaired) electrons. The van der Waals surface area contributed by atoms with Crippen LogP contribution in [0.1, 0.15) is 26.3 Å². The fourth-order valence-electron chi connectivity index (χ4n) is 1.65. The molecule has 0 bridgehead atoms. The van der Waals surface area contributed by atoms with E-state index in [0.29, 0.717) is 0 Å². The van der Waals surface area contributed by atoms with Gasteiger partial charge in [-0.2, -0.15) is 0 Å². The average molecular weight is 275 g/mol. The third-order valence-corrected chi connectivity index (χ3v) is 3.62. The maximum absolute atomic E-state index is 4.23. The number of imidazole rings is 1. The Morgan fingerprint density at radius 3 is 2.74 bits per heavy atom. The highest BCUT2D eigenvalue weighted by Crippen LogP contribution is 2.25. The van der Waals surface area contributed by atoms with Gasteiger partial charge in [0.15, 0.2) is 5.16 Å². The lowest BCUT2D eigenvalue weighted by molar-refractivity contribution is 0.443. The van der Waals surface area contributed by atoms with Gasteiger partial charge in [0.25, 0.3) is 0 Å². The first-order valence-electron chi connectivity index (χ1n) is 6.48. The Morgan fingerprint density at radius 1 is 1.26 bits per heavy atom. The molecule has 3 nitrogen and oxygen atoms in total. The molecule has 0 aliphatic rings. The highest BCUT2D eigenvalue weighted by Gasteiger charge is 2.11. The predicted octanol–water partition coefficient (Wildman–Crippen LogP) is 4.16. The van der Waals surface area contributed by atoms with Crippen molar-refractivity contribution in [2.75, 3.05) is 11.9 Å². The smallest absolute Gasteiger partial charge is 0.165 e. The van der Waals surface area contributed by atoms with Crippen molar-refractivity contribution in [3.63, 3.8) is 0 Å². The Bertz CT molecular complexity index is 500. The van der Waals surface area contributed by atoms with Gasteiger partial charge in [-0.1, -0.05) is 50.7 Å². The first-order valence-corrected chi connectivity index (χ1v) is 7.47. The van der Waals surface area contributed by atoms with E-state index in [0.717, 1.165) is 17.5 Å². The summed E-state index contributed by atoms with van der Waals surface area (Å²) in [6.07, 6.45) is 3.64. The molecule has 1 aromatic heterocycles. The van der Waals surface area contributed by atoms with Gasteiger partial charge in [-0.25, -0.2) is 4.98 Å². The van der Waals surface area contributed by atoms with Gasteiger partial charge < -0.3 is 10.3 Å². The van der Waals surface area contributed by atoms with Gasteiger partial charge in [-0.15, -0.1) is 0 Å². The number of thioether (sulfide) groups is 1. The maximum Gasteiger partial charge on any atom is 0.165 e. The normalized spacial score (nSPS) is 11.5. The molecule has 0 aliphatic heterocycles. The Labute approximate surface area is 119 Å². The van der Waals surface area contributed by atoms with E-state index in [9.17, 15) is 0 Å². The van der Waals surface area contributed by atoms with Crippen LogP contribution in [-0.2, 0) is 5.75 Å². The van der Waals surface area contributed by atoms with Crippen LogP contribution in [-0.4, -0.2) is 16.5 Å². The second kappa shape index (κ2) is 6.15. The van der Waals surface area contributed by atoms with Crippen molar-refractivity contribution in [2.24, 2.45) is 5.41 Å². The van der Waals surface area contributed by atoms with E-state index in [1.165, 1.54) is 11.3 Å². The van der Waals surface area contributed by atoms with Crippen molar-refractivity contribution < 1.29 is 0 Å². The molecule has 1 heterocycles. The zero-order valence-corrected chi connectivity index (χ0v) is 12.6. The molecule has 0 fully saturated rings. The topological polar surface area (TPSA) is 40.7 Å². The summed E-state index contributed by atoms with van der Waals surface area (Å²) in [7, 11) is 0. The van der Waals surface area contributed by atoms with E-state index in [-0.39, 0.29) is 5.41 Å². The maximum atomic E-state index is 4.23. The monoisotopic (exact) mass is 275 g/mol. The van der Waals surface area contributed by atoms with E-state index in [1.54, 1.807) is 18.0 Å². The molecule has 0 saturated carbocycles. The molecule has 0 spiro atoms. The summed E-state index contributed by atoms with van der Waals surface area (Å²) in [5, 5.41) is 4.50. The lowest BCUT2D eigenvalue weighted by atomic mass is 9.97. The average Bonchev–Trinajstić information content (AvgIpc) is 2.87. The van der Waals surface area contributed by atoms with Crippen molar-refractivity contribution >= 4 is 17.4 Å². The summed E-state index contributed by atoms with van der Waals surface area (Å²) < 4.78 is 0. The molecule has 2 N–H and O–H groups in total. The molecular weight excluding hydrogens is 254 g/mol. The number of hydrogen-bond donors (Lipinski definition) is 2. The predicted molar refractivity (Wildman–Crippen MR) is 82.5 cm³/mol. The standard InChI is InChI=1S/C15H21N3S/c1-15(2,3)11-18-13-7-5-4-6-12(13)10-19-14-16-8-9-17-14/h4-9,18H,10-11H2,1-3H3,(H,16,17). The van der Waals surface area contributed by atoms with Crippen LogP contribution in [0.4, 0.5) is 5.69 Å². The number of aromatic amines is 1. The summed E-state index contributed by atoms with van der Waals surface area (Å²) in [6.45, 7) is 7.68. The lowest BCUT2D eigenvalue weighted by Gasteiger charge is -2.21. The van der Waals surface area contributed by atoms with Crippen molar-refractivity contribution in [1.82, 2.24) is 9.97 Å². The Morgan fingerprint density at radius 2 is 2.05 bits per heavy atom. The van der Waals surface area contributed by atoms with E-state index in [4.69, 9.17) is 0 Å². The number of aromatic nitrogens is 2. The fraction of sp³-hybridized carbons (Fsp3) is 0.400. The van der Waals surface area contributed by atoms with Gasteiger partial charge in [-0.05, 0) is 17.0 Å². The summed E-state index contributed by atoms with van der Waals surface area (Å²) in [4.78, 5) is 7.35. The largest absolute Gasteiger partial charge is 0.384 e. The highest BCUT2D eigenvalue weighted by atomic mass is 32.2. The van der Waals surface area contributed by atoms with Crippen LogP contribution in [0.3, 0.4) is 0 Å². The van der Waals surface area contributed by atoms with Crippen LogP contribution in [0.25, 0.3) is 0 Å². The highest BCUT2D eigenvalue weighted by molar-refractivity contribution is 7.98. The summed E-state index contributed by atoms with van der Waals surface area (Å²) >= 11 is 1.72. The summed E-state index contributed by atoms with van der Waals surface area (Å²) in [6, 6.07) is 8.47. The SMILES string of the molecule is CC(C)(C)CNc1ccccc1CSc1ncc[nH]1. The minimum atomic E-state index is 0.279. The van der Waals surface area contributed by atoms with E-state index < -0.39 is 0 Å². The van der Waals surface area contributed by atoms with E-state index in [2.05, 4.69) is 60.3 Å². The third kappa shape index (κ3) is 4.63. The third-order valence-electron chi connectivity index (χ3n) is 2.66. The zero-order valence-electron chi connectivity index (χ0n) is 11.7. The van der Waals surface area contributed by atoms with Crippen molar-refractivity contribution in [3.8, 4) is 0 Å². The number of H-pyrrole nitrogens is 1. The first kappa shape index (κ1) is 14.0. The lowest BCUT2D eigenvalue weighted by Crippen LogP contribution is -2.19. The van der Waals surface area contributed by atoms with Gasteiger partial charge in [-0.3, -0.25) is 0 Å². The van der Waals surface area contributed by atoms with Crippen LogP contribution < -0.4 is 5.32 Å². The molecule has 2 rings (SSSR count). The van der Waals surface area contributed by atoms with Gasteiger partial charge >= 0.3 is 0 Å². The Hall–Kier alpha value is -1.42. The number of nitrogens with zero attached hydrogens (tertiary/aromatic N) is 1. The van der Waals surface area contributed by atoms with Gasteiger partial charge in [0, 0.05) is 30.4 Å². The first-order chi connectivity index (χ1) is 9.04. The summed E-state index contributed by atoms with van der Waals surface area (Å²) in [5.41, 5.74) is 2.81. The number of para-hydroxylation sites is 1. The van der Waals surface area contributed by atoms with Gasteiger partial charge in [0.2, 0.25) is 0 Å². The molecule has 2 aromatic rings. The van der Waals surface area contributed by atoms with Crippen LogP contribution in [0.2, 0.25) is 0 Å². The van der Waals surface area contributed by atoms with Crippen LogP contribution >= 0.6 is 11.8 Å². The molecule has 0 unspecified atom stereocenters. The minimum Gasteiger partial charge on any atom is -0.384 e. The number of rotatable bonds is 5. The molecule has 1 aromatic carbocycles. The Balaban J connectivity index is 1.99. The van der Waals surface area contributed by atoms with Crippen molar-refractivity contribution in [2.45, 2.75) is 31.7 Å². The molecule has 19 heavy (non-hydrogen) atoms. The van der Waals surface area contributed by atoms with Crippen molar-refractivity contribution in [3.05, 3.63) is 42.2 Å². The molecule has 0 amide bonds. The van der Waals surface area contributed by atoms with Crippen LogP contribution in [0.15, 0.2) is 41.8 Å². The van der Waals surface area contributed by atoms with Crippen LogP contribution in [0, 0.1) is 5.41 Å². The molecule has 4 heteroatoms. The quantitative estimate of drug-likeness (QED) is 0.805. The number of hydrogen-bond acceptors (Lipinski definition) is 3. The number of benzene rings is 1. The number of anilines is 1. The second-order valence-electron chi connectivity index (χ2n) is 5.75. The fourth-order valence-corrected chi connectivity index (χ4v) is 2.49. The van der Waals surface area contributed by atoms with Gasteiger partial charge in [0.05, 0.1) is 0 Å². The molecule has 102 valence electrons. The molecule has 0 atom stereocenters.